The van der Waals surface area contributed by atoms with Crippen molar-refractivity contribution in [2.24, 2.45) is 0 Å². The van der Waals surface area contributed by atoms with Crippen molar-refractivity contribution in [2.45, 2.75) is 0 Å². The van der Waals surface area contributed by atoms with Crippen molar-refractivity contribution >= 4 is 36.0 Å². The molecule has 0 atom stereocenters. The number of carbonyl (C=O) groups is 2. The molecule has 1 aliphatic rings. The molecular formula is C12H7BO3. The van der Waals surface area contributed by atoms with E-state index in [0.717, 1.165) is 10.8 Å². The molecule has 0 amide bonds. The molecule has 76 valence electrons. The number of cyclic esters (lactones) is 2. The minimum absolute atomic E-state index is 0.468. The molecule has 0 N–H and O–H groups in total. The second-order valence-corrected chi connectivity index (χ2v) is 3.84. The molecule has 0 saturated carbocycles. The zero-order chi connectivity index (χ0) is 11.3. The minimum atomic E-state index is -0.561. The molecule has 0 unspecified atom stereocenters. The molecule has 1 heterocycles. The quantitative estimate of drug-likeness (QED) is 0.359. The van der Waals surface area contributed by atoms with Crippen LogP contribution >= 0.6 is 0 Å². The SMILES string of the molecule is Bc1ccc2c3c(cccc13)C(=O)OC2=O. The van der Waals surface area contributed by atoms with E-state index in [2.05, 4.69) is 4.74 Å². The van der Waals surface area contributed by atoms with E-state index in [1.165, 1.54) is 0 Å². The molecule has 2 aromatic carbocycles. The van der Waals surface area contributed by atoms with Gasteiger partial charge in [-0.3, -0.25) is 0 Å². The van der Waals surface area contributed by atoms with Crippen molar-refractivity contribution in [3.8, 4) is 0 Å². The van der Waals surface area contributed by atoms with Gasteiger partial charge < -0.3 is 4.74 Å². The summed E-state index contributed by atoms with van der Waals surface area (Å²) in [7, 11) is 1.95. The maximum Gasteiger partial charge on any atom is 0.346 e. The molecule has 0 radical (unpaired) electrons. The Kier molecular flexibility index (Phi) is 1.69. The molecule has 1 aliphatic heterocycles. The van der Waals surface area contributed by atoms with Crippen molar-refractivity contribution in [3.05, 3.63) is 41.5 Å². The smallest absolute Gasteiger partial charge is 0.346 e. The van der Waals surface area contributed by atoms with E-state index in [1.54, 1.807) is 18.2 Å². The van der Waals surface area contributed by atoms with Crippen LogP contribution < -0.4 is 5.46 Å². The van der Waals surface area contributed by atoms with E-state index >= 15 is 0 Å². The summed E-state index contributed by atoms with van der Waals surface area (Å²) in [5.74, 6) is -1.12. The molecule has 16 heavy (non-hydrogen) atoms. The number of esters is 2. The van der Waals surface area contributed by atoms with E-state index < -0.39 is 11.9 Å². The standard InChI is InChI=1S/C12H7BO3/c13-9-5-4-8-10-6(9)2-1-3-7(10)11(14)16-12(8)15/h1-5H,13H2. The van der Waals surface area contributed by atoms with Gasteiger partial charge in [0.25, 0.3) is 0 Å². The van der Waals surface area contributed by atoms with Crippen molar-refractivity contribution in [2.75, 3.05) is 0 Å². The Morgan fingerprint density at radius 3 is 2.38 bits per heavy atom. The van der Waals surface area contributed by atoms with Crippen LogP contribution in [0.25, 0.3) is 10.8 Å². The average Bonchev–Trinajstić information content (AvgIpc) is 2.27. The van der Waals surface area contributed by atoms with E-state index in [-0.39, 0.29) is 0 Å². The molecule has 2 aromatic rings. The zero-order valence-electron chi connectivity index (χ0n) is 8.61. The third-order valence-corrected chi connectivity index (χ3v) is 2.88. The molecule has 0 fully saturated rings. The van der Waals surface area contributed by atoms with Gasteiger partial charge in [0.05, 0.1) is 11.1 Å². The maximum atomic E-state index is 11.6. The van der Waals surface area contributed by atoms with Gasteiger partial charge in [-0.2, -0.15) is 0 Å². The number of hydrogen-bond acceptors (Lipinski definition) is 3. The predicted molar refractivity (Wildman–Crippen MR) is 61.9 cm³/mol. The lowest BCUT2D eigenvalue weighted by Gasteiger charge is -2.16. The molecular weight excluding hydrogens is 203 g/mol. The highest BCUT2D eigenvalue weighted by atomic mass is 16.6. The Bertz CT molecular complexity index is 626. The van der Waals surface area contributed by atoms with Crippen molar-refractivity contribution in [1.82, 2.24) is 0 Å². The summed E-state index contributed by atoms with van der Waals surface area (Å²) in [5.41, 5.74) is 1.98. The Morgan fingerprint density at radius 2 is 1.62 bits per heavy atom. The van der Waals surface area contributed by atoms with Gasteiger partial charge in [0.2, 0.25) is 0 Å². The summed E-state index contributed by atoms with van der Waals surface area (Å²) in [6.45, 7) is 0. The maximum absolute atomic E-state index is 11.6. The highest BCUT2D eigenvalue weighted by Gasteiger charge is 2.26. The average molecular weight is 210 g/mol. The summed E-state index contributed by atoms with van der Waals surface area (Å²) in [4.78, 5) is 23.1. The van der Waals surface area contributed by atoms with Crippen LogP contribution in [0.1, 0.15) is 20.7 Å². The van der Waals surface area contributed by atoms with Gasteiger partial charge >= 0.3 is 11.9 Å². The molecule has 4 heteroatoms. The second kappa shape index (κ2) is 2.95. The molecule has 0 aliphatic carbocycles. The van der Waals surface area contributed by atoms with Gasteiger partial charge in [0.1, 0.15) is 7.85 Å². The highest BCUT2D eigenvalue weighted by molar-refractivity contribution is 6.40. The number of carbonyl (C=O) groups excluding carboxylic acids is 2. The van der Waals surface area contributed by atoms with Gasteiger partial charge in [-0.05, 0) is 17.5 Å². The van der Waals surface area contributed by atoms with Crippen molar-refractivity contribution in [3.63, 3.8) is 0 Å². The van der Waals surface area contributed by atoms with Gasteiger partial charge in [-0.25, -0.2) is 9.59 Å². The number of ether oxygens (including phenoxy) is 1. The van der Waals surface area contributed by atoms with Crippen molar-refractivity contribution < 1.29 is 14.3 Å². The third kappa shape index (κ3) is 1.04. The molecule has 3 nitrogen and oxygen atoms in total. The zero-order valence-corrected chi connectivity index (χ0v) is 8.61. The monoisotopic (exact) mass is 210 g/mol. The van der Waals surface area contributed by atoms with E-state index in [1.807, 2.05) is 20.0 Å². The predicted octanol–water partition coefficient (Wildman–Crippen LogP) is 0.409. The first-order chi connectivity index (χ1) is 7.68. The fourth-order valence-electron chi connectivity index (χ4n) is 2.09. The van der Waals surface area contributed by atoms with Crippen LogP contribution in [0.2, 0.25) is 0 Å². The van der Waals surface area contributed by atoms with E-state index in [0.29, 0.717) is 16.5 Å². The largest absolute Gasteiger partial charge is 0.386 e. The molecule has 3 rings (SSSR count). The summed E-state index contributed by atoms with van der Waals surface area (Å²) in [5, 5.41) is 1.64. The summed E-state index contributed by atoms with van der Waals surface area (Å²) >= 11 is 0. The topological polar surface area (TPSA) is 43.4 Å². The number of benzene rings is 2. The van der Waals surface area contributed by atoms with Crippen LogP contribution in [0.4, 0.5) is 0 Å². The lowest BCUT2D eigenvalue weighted by molar-refractivity contribution is 0.0391. The lowest BCUT2D eigenvalue weighted by Crippen LogP contribution is -2.21. The van der Waals surface area contributed by atoms with E-state index in [4.69, 9.17) is 0 Å². The minimum Gasteiger partial charge on any atom is -0.386 e. The van der Waals surface area contributed by atoms with Crippen LogP contribution in [0, 0.1) is 0 Å². The third-order valence-electron chi connectivity index (χ3n) is 2.88. The van der Waals surface area contributed by atoms with Crippen LogP contribution in [0.15, 0.2) is 30.3 Å². The number of rotatable bonds is 0. The highest BCUT2D eigenvalue weighted by Crippen LogP contribution is 2.27. The number of hydrogen-bond donors (Lipinski definition) is 0. The summed E-state index contributed by atoms with van der Waals surface area (Å²) in [6, 6.07) is 8.95. The van der Waals surface area contributed by atoms with Gasteiger partial charge in [0.15, 0.2) is 0 Å². The van der Waals surface area contributed by atoms with Gasteiger partial charge in [0, 0.05) is 5.39 Å². The fraction of sp³-hybridized carbons (Fsp3) is 0. The first-order valence-corrected chi connectivity index (χ1v) is 4.97. The van der Waals surface area contributed by atoms with Gasteiger partial charge in [-0.15, -0.1) is 0 Å². The normalized spacial score (nSPS) is 14.0. The molecule has 0 bridgehead atoms. The van der Waals surface area contributed by atoms with Crippen LogP contribution in [0.5, 0.6) is 0 Å². The van der Waals surface area contributed by atoms with E-state index in [9.17, 15) is 9.59 Å². The van der Waals surface area contributed by atoms with Crippen LogP contribution in [-0.4, -0.2) is 19.8 Å². The second-order valence-electron chi connectivity index (χ2n) is 3.84. The molecule has 0 spiro atoms. The Labute approximate surface area is 92.4 Å². The molecule has 0 saturated heterocycles. The van der Waals surface area contributed by atoms with Gasteiger partial charge in [-0.1, -0.05) is 23.7 Å². The first-order valence-electron chi connectivity index (χ1n) is 4.97. The molecule has 0 aromatic heterocycles. The lowest BCUT2D eigenvalue weighted by atomic mass is 9.86. The van der Waals surface area contributed by atoms with Crippen molar-refractivity contribution in [1.29, 1.82) is 0 Å². The first kappa shape index (κ1) is 9.15. The summed E-state index contributed by atoms with van der Waals surface area (Å²) in [6.07, 6.45) is 0. The Morgan fingerprint density at radius 1 is 0.938 bits per heavy atom. The van der Waals surface area contributed by atoms with Crippen LogP contribution in [0.3, 0.4) is 0 Å². The van der Waals surface area contributed by atoms with Crippen LogP contribution in [-0.2, 0) is 4.74 Å². The summed E-state index contributed by atoms with van der Waals surface area (Å²) < 4.78 is 4.66. The Hall–Kier alpha value is -2.10. The Balaban J connectivity index is 2.57. The fourth-order valence-corrected chi connectivity index (χ4v) is 2.09.